The second kappa shape index (κ2) is 4.14. The van der Waals surface area contributed by atoms with Crippen LogP contribution in [0.5, 0.6) is 0 Å². The number of hydrogen-bond donors (Lipinski definition) is 1. The fourth-order valence-electron chi connectivity index (χ4n) is 2.23. The van der Waals surface area contributed by atoms with E-state index in [-0.39, 0.29) is 5.91 Å². The lowest BCUT2D eigenvalue weighted by atomic mass is 10.0. The summed E-state index contributed by atoms with van der Waals surface area (Å²) in [5.41, 5.74) is 1.62. The average Bonchev–Trinajstić information content (AvgIpc) is 2.53. The van der Waals surface area contributed by atoms with Gasteiger partial charge in [0.1, 0.15) is 0 Å². The number of hydrogen-bond acceptors (Lipinski definition) is 3. The van der Waals surface area contributed by atoms with Crippen LogP contribution < -0.4 is 5.32 Å². The molecule has 0 saturated carbocycles. The number of carbonyl (C=O) groups is 1. The first-order chi connectivity index (χ1) is 7.90. The Morgan fingerprint density at radius 1 is 1.53 bits per heavy atom. The lowest BCUT2D eigenvalue weighted by Gasteiger charge is -2.38. The highest BCUT2D eigenvalue weighted by molar-refractivity contribution is 5.86. The zero-order valence-corrected chi connectivity index (χ0v) is 10.9. The van der Waals surface area contributed by atoms with Crippen LogP contribution in [0.15, 0.2) is 6.07 Å². The molecular formula is C12H20N4O. The predicted molar refractivity (Wildman–Crippen MR) is 65.4 cm³/mol. The van der Waals surface area contributed by atoms with Crippen LogP contribution in [0.2, 0.25) is 0 Å². The van der Waals surface area contributed by atoms with Gasteiger partial charge in [-0.3, -0.25) is 9.48 Å². The largest absolute Gasteiger partial charge is 0.334 e. The van der Waals surface area contributed by atoms with Crippen molar-refractivity contribution in [2.45, 2.75) is 32.9 Å². The quantitative estimate of drug-likeness (QED) is 0.810. The topological polar surface area (TPSA) is 50.2 Å². The SMILES string of the molecule is Cc1cc(CN2CCNC(C)(C)C2=O)n(C)n1. The van der Waals surface area contributed by atoms with E-state index in [1.807, 2.05) is 43.5 Å². The number of amides is 1. The average molecular weight is 236 g/mol. The minimum atomic E-state index is -0.452. The van der Waals surface area contributed by atoms with Gasteiger partial charge in [-0.05, 0) is 26.8 Å². The molecule has 5 heteroatoms. The summed E-state index contributed by atoms with van der Waals surface area (Å²) >= 11 is 0. The second-order valence-electron chi connectivity index (χ2n) is 5.18. The monoisotopic (exact) mass is 236 g/mol. The number of piperazine rings is 1. The molecule has 0 spiro atoms. The molecule has 5 nitrogen and oxygen atoms in total. The molecule has 0 atom stereocenters. The zero-order valence-electron chi connectivity index (χ0n) is 10.9. The molecule has 94 valence electrons. The summed E-state index contributed by atoms with van der Waals surface area (Å²) in [4.78, 5) is 14.1. The smallest absolute Gasteiger partial charge is 0.242 e. The first-order valence-electron chi connectivity index (χ1n) is 5.94. The molecule has 0 aliphatic carbocycles. The summed E-state index contributed by atoms with van der Waals surface area (Å²) in [5.74, 6) is 0.155. The van der Waals surface area contributed by atoms with E-state index in [1.165, 1.54) is 0 Å². The third-order valence-corrected chi connectivity index (χ3v) is 3.22. The first kappa shape index (κ1) is 12.1. The summed E-state index contributed by atoms with van der Waals surface area (Å²) in [5, 5.41) is 7.53. The summed E-state index contributed by atoms with van der Waals surface area (Å²) in [7, 11) is 1.92. The summed E-state index contributed by atoms with van der Waals surface area (Å²) in [6.07, 6.45) is 0. The molecule has 0 radical (unpaired) electrons. The van der Waals surface area contributed by atoms with Crippen molar-refractivity contribution in [3.8, 4) is 0 Å². The van der Waals surface area contributed by atoms with Crippen LogP contribution in [0.1, 0.15) is 25.2 Å². The van der Waals surface area contributed by atoms with E-state index in [0.29, 0.717) is 6.54 Å². The van der Waals surface area contributed by atoms with Crippen molar-refractivity contribution in [2.75, 3.05) is 13.1 Å². The van der Waals surface area contributed by atoms with Gasteiger partial charge in [0, 0.05) is 20.1 Å². The third-order valence-electron chi connectivity index (χ3n) is 3.22. The minimum Gasteiger partial charge on any atom is -0.334 e. The Morgan fingerprint density at radius 2 is 2.24 bits per heavy atom. The van der Waals surface area contributed by atoms with E-state index in [9.17, 15) is 4.79 Å². The molecule has 1 aliphatic heterocycles. The molecule has 1 saturated heterocycles. The van der Waals surface area contributed by atoms with Crippen molar-refractivity contribution < 1.29 is 4.79 Å². The standard InChI is InChI=1S/C12H20N4O/c1-9-7-10(15(4)14-9)8-16-6-5-13-12(2,3)11(16)17/h7,13H,5-6,8H2,1-4H3. The Balaban J connectivity index is 2.14. The van der Waals surface area contributed by atoms with E-state index in [1.54, 1.807) is 0 Å². The molecule has 0 aromatic carbocycles. The normalized spacial score (nSPS) is 19.8. The number of nitrogens with zero attached hydrogens (tertiary/aromatic N) is 3. The molecule has 2 rings (SSSR count). The van der Waals surface area contributed by atoms with Crippen molar-refractivity contribution in [3.05, 3.63) is 17.5 Å². The van der Waals surface area contributed by atoms with E-state index in [4.69, 9.17) is 0 Å². The Bertz CT molecular complexity index is 436. The Morgan fingerprint density at radius 3 is 2.82 bits per heavy atom. The van der Waals surface area contributed by atoms with Crippen LogP contribution in [0.3, 0.4) is 0 Å². The Labute approximate surface area is 102 Å². The van der Waals surface area contributed by atoms with E-state index in [0.717, 1.165) is 24.5 Å². The van der Waals surface area contributed by atoms with Gasteiger partial charge in [-0.15, -0.1) is 0 Å². The van der Waals surface area contributed by atoms with Crippen LogP contribution in [-0.4, -0.2) is 39.2 Å². The van der Waals surface area contributed by atoms with E-state index >= 15 is 0 Å². The van der Waals surface area contributed by atoms with Gasteiger partial charge in [-0.2, -0.15) is 5.10 Å². The fraction of sp³-hybridized carbons (Fsp3) is 0.667. The second-order valence-corrected chi connectivity index (χ2v) is 5.18. The molecule has 1 aromatic heterocycles. The minimum absolute atomic E-state index is 0.155. The van der Waals surface area contributed by atoms with Crippen LogP contribution in [0.25, 0.3) is 0 Å². The zero-order chi connectivity index (χ0) is 12.6. The number of aromatic nitrogens is 2. The predicted octanol–water partition coefficient (Wildman–Crippen LogP) is 0.439. The van der Waals surface area contributed by atoms with Gasteiger partial charge in [0.2, 0.25) is 5.91 Å². The maximum atomic E-state index is 12.2. The maximum absolute atomic E-state index is 12.2. The molecular weight excluding hydrogens is 216 g/mol. The van der Waals surface area contributed by atoms with Crippen molar-refractivity contribution in [2.24, 2.45) is 7.05 Å². The molecule has 1 N–H and O–H groups in total. The van der Waals surface area contributed by atoms with Gasteiger partial charge >= 0.3 is 0 Å². The van der Waals surface area contributed by atoms with Gasteiger partial charge in [0.25, 0.3) is 0 Å². The molecule has 1 aromatic rings. The summed E-state index contributed by atoms with van der Waals surface area (Å²) in [6.45, 7) is 8.06. The molecule has 2 heterocycles. The summed E-state index contributed by atoms with van der Waals surface area (Å²) < 4.78 is 1.84. The highest BCUT2D eigenvalue weighted by Crippen LogP contribution is 2.15. The fourth-order valence-corrected chi connectivity index (χ4v) is 2.23. The van der Waals surface area contributed by atoms with Crippen molar-refractivity contribution in [3.63, 3.8) is 0 Å². The number of rotatable bonds is 2. The van der Waals surface area contributed by atoms with Crippen LogP contribution in [-0.2, 0) is 18.4 Å². The van der Waals surface area contributed by atoms with Crippen molar-refractivity contribution in [1.29, 1.82) is 0 Å². The summed E-state index contributed by atoms with van der Waals surface area (Å²) in [6, 6.07) is 2.03. The molecule has 1 aliphatic rings. The lowest BCUT2D eigenvalue weighted by Crippen LogP contribution is -2.60. The highest BCUT2D eigenvalue weighted by atomic mass is 16.2. The van der Waals surface area contributed by atoms with Gasteiger partial charge < -0.3 is 10.2 Å². The van der Waals surface area contributed by atoms with Gasteiger partial charge in [0.05, 0.1) is 23.5 Å². The number of aryl methyl sites for hydroxylation is 2. The number of carbonyl (C=O) groups excluding carboxylic acids is 1. The molecule has 0 bridgehead atoms. The molecule has 1 fully saturated rings. The van der Waals surface area contributed by atoms with Crippen molar-refractivity contribution in [1.82, 2.24) is 20.0 Å². The Kier molecular flexibility index (Phi) is 2.95. The van der Waals surface area contributed by atoms with Crippen LogP contribution >= 0.6 is 0 Å². The first-order valence-corrected chi connectivity index (χ1v) is 5.94. The lowest BCUT2D eigenvalue weighted by molar-refractivity contribution is -0.140. The van der Waals surface area contributed by atoms with Crippen molar-refractivity contribution >= 4 is 5.91 Å². The van der Waals surface area contributed by atoms with E-state index in [2.05, 4.69) is 10.4 Å². The number of nitrogens with one attached hydrogen (secondary N) is 1. The third kappa shape index (κ3) is 2.34. The van der Waals surface area contributed by atoms with Crippen LogP contribution in [0.4, 0.5) is 0 Å². The molecule has 17 heavy (non-hydrogen) atoms. The van der Waals surface area contributed by atoms with Crippen LogP contribution in [0, 0.1) is 6.92 Å². The van der Waals surface area contributed by atoms with Gasteiger partial charge in [-0.1, -0.05) is 0 Å². The highest BCUT2D eigenvalue weighted by Gasteiger charge is 2.35. The molecule has 1 amide bonds. The van der Waals surface area contributed by atoms with Gasteiger partial charge in [-0.25, -0.2) is 0 Å². The van der Waals surface area contributed by atoms with Gasteiger partial charge in [0.15, 0.2) is 0 Å². The maximum Gasteiger partial charge on any atom is 0.242 e. The molecule has 0 unspecified atom stereocenters. The Hall–Kier alpha value is -1.36. The van der Waals surface area contributed by atoms with E-state index < -0.39 is 5.54 Å².